The normalized spacial score (nSPS) is 22.2. The molecule has 1 aromatic heterocycles. The van der Waals surface area contributed by atoms with Crippen molar-refractivity contribution in [1.29, 1.82) is 0 Å². The van der Waals surface area contributed by atoms with Crippen molar-refractivity contribution in [2.24, 2.45) is 5.92 Å². The van der Waals surface area contributed by atoms with E-state index in [1.807, 2.05) is 21.2 Å². The second-order valence-corrected chi connectivity index (χ2v) is 8.48. The van der Waals surface area contributed by atoms with Gasteiger partial charge in [0.1, 0.15) is 4.90 Å². The fourth-order valence-electron chi connectivity index (χ4n) is 2.67. The summed E-state index contributed by atoms with van der Waals surface area (Å²) in [5, 5.41) is 9.82. The van der Waals surface area contributed by atoms with Gasteiger partial charge in [-0.15, -0.1) is 0 Å². The lowest BCUT2D eigenvalue weighted by molar-refractivity contribution is -0.273. The second-order valence-electron chi connectivity index (χ2n) is 5.37. The topological polar surface area (TPSA) is 79.5 Å². The molecule has 1 aromatic rings. The molecular weight excluding hydrogens is 458 g/mol. The number of hydrogen-bond donors (Lipinski definition) is 2. The van der Waals surface area contributed by atoms with Gasteiger partial charge < -0.3 is 5.11 Å². The molecule has 1 aliphatic rings. The van der Waals surface area contributed by atoms with Gasteiger partial charge >= 0.3 is 6.18 Å². The summed E-state index contributed by atoms with van der Waals surface area (Å²) in [6.07, 6.45) is -3.66. The van der Waals surface area contributed by atoms with Gasteiger partial charge in [-0.1, -0.05) is 0 Å². The molecule has 2 rings (SSSR count). The second kappa shape index (κ2) is 5.83. The SMILES string of the molecule is CC(O)(C1CCc2c(S(=O)(=O)O)cn(SI)c2C1)C(F)(F)F. The van der Waals surface area contributed by atoms with E-state index in [1.54, 1.807) is 0 Å². The van der Waals surface area contributed by atoms with Crippen molar-refractivity contribution in [2.45, 2.75) is 42.9 Å². The first kappa shape index (κ1) is 18.4. The molecule has 5 nitrogen and oxygen atoms in total. The van der Waals surface area contributed by atoms with Crippen LogP contribution in [0.5, 0.6) is 0 Å². The minimum atomic E-state index is -4.77. The van der Waals surface area contributed by atoms with Crippen molar-refractivity contribution < 1.29 is 31.2 Å². The van der Waals surface area contributed by atoms with Gasteiger partial charge in [0, 0.05) is 48.1 Å². The maximum absolute atomic E-state index is 13.0. The van der Waals surface area contributed by atoms with E-state index in [-0.39, 0.29) is 24.2 Å². The molecule has 2 N–H and O–H groups in total. The average Bonchev–Trinajstić information content (AvgIpc) is 2.74. The molecule has 0 radical (unpaired) electrons. The molecule has 0 spiro atoms. The summed E-state index contributed by atoms with van der Waals surface area (Å²) in [6, 6.07) is 0. The molecule has 0 saturated carbocycles. The van der Waals surface area contributed by atoms with Crippen LogP contribution in [0.4, 0.5) is 13.2 Å². The van der Waals surface area contributed by atoms with E-state index in [1.165, 1.54) is 10.2 Å². The zero-order valence-electron chi connectivity index (χ0n) is 11.3. The number of alkyl halides is 3. The maximum Gasteiger partial charge on any atom is 0.417 e. The zero-order valence-corrected chi connectivity index (χ0v) is 15.1. The Balaban J connectivity index is 2.46. The van der Waals surface area contributed by atoms with Crippen LogP contribution in [0, 0.1) is 5.92 Å². The highest BCUT2D eigenvalue weighted by Gasteiger charge is 2.55. The minimum absolute atomic E-state index is 0.0159. The number of rotatable bonds is 3. The smallest absolute Gasteiger partial charge is 0.380 e. The molecule has 0 fully saturated rings. The van der Waals surface area contributed by atoms with E-state index in [9.17, 15) is 31.2 Å². The van der Waals surface area contributed by atoms with Crippen LogP contribution in [-0.4, -0.2) is 33.8 Å². The van der Waals surface area contributed by atoms with Crippen molar-refractivity contribution in [1.82, 2.24) is 3.97 Å². The predicted molar refractivity (Wildman–Crippen MR) is 83.4 cm³/mol. The van der Waals surface area contributed by atoms with Crippen LogP contribution in [0.25, 0.3) is 0 Å². The van der Waals surface area contributed by atoms with Crippen LogP contribution in [-0.2, 0) is 23.0 Å². The van der Waals surface area contributed by atoms with Gasteiger partial charge in [0.05, 0.1) is 0 Å². The Kier molecular flexibility index (Phi) is 4.86. The Morgan fingerprint density at radius 1 is 1.45 bits per heavy atom. The highest BCUT2D eigenvalue weighted by Crippen LogP contribution is 2.44. The summed E-state index contributed by atoms with van der Waals surface area (Å²) in [4.78, 5) is -0.281. The summed E-state index contributed by atoms with van der Waals surface area (Å²) in [5.41, 5.74) is -2.15. The lowest BCUT2D eigenvalue weighted by Gasteiger charge is -2.37. The fourth-order valence-corrected chi connectivity index (χ4v) is 4.97. The van der Waals surface area contributed by atoms with Crippen molar-refractivity contribution in [3.05, 3.63) is 17.5 Å². The van der Waals surface area contributed by atoms with Crippen LogP contribution >= 0.6 is 30.3 Å². The van der Waals surface area contributed by atoms with Crippen molar-refractivity contribution in [3.8, 4) is 0 Å². The first-order chi connectivity index (χ1) is 9.89. The molecule has 22 heavy (non-hydrogen) atoms. The molecule has 1 heterocycles. The first-order valence-corrected chi connectivity index (χ1v) is 10.9. The van der Waals surface area contributed by atoms with E-state index < -0.39 is 27.8 Å². The van der Waals surface area contributed by atoms with Crippen molar-refractivity contribution in [3.63, 3.8) is 0 Å². The number of halogens is 4. The highest BCUT2D eigenvalue weighted by molar-refractivity contribution is 14.2. The van der Waals surface area contributed by atoms with E-state index in [2.05, 4.69) is 0 Å². The molecular formula is C11H13F3INO4S2. The van der Waals surface area contributed by atoms with Crippen molar-refractivity contribution in [2.75, 3.05) is 0 Å². The molecule has 0 saturated heterocycles. The number of fused-ring (bicyclic) bond motifs is 1. The monoisotopic (exact) mass is 471 g/mol. The Morgan fingerprint density at radius 2 is 2.05 bits per heavy atom. The van der Waals surface area contributed by atoms with E-state index >= 15 is 0 Å². The molecule has 0 bridgehead atoms. The summed E-state index contributed by atoms with van der Waals surface area (Å²) in [7, 11) is -3.35. The van der Waals surface area contributed by atoms with E-state index in [0.717, 1.165) is 16.0 Å². The number of nitrogens with zero attached hydrogens (tertiary/aromatic N) is 1. The zero-order chi connectivity index (χ0) is 16.9. The lowest BCUT2D eigenvalue weighted by atomic mass is 9.77. The summed E-state index contributed by atoms with van der Waals surface area (Å²) < 4.78 is 72.3. The molecule has 0 aromatic carbocycles. The first-order valence-electron chi connectivity index (χ1n) is 6.18. The van der Waals surface area contributed by atoms with E-state index in [4.69, 9.17) is 0 Å². The minimum Gasteiger partial charge on any atom is -0.380 e. The molecule has 0 amide bonds. The summed E-state index contributed by atoms with van der Waals surface area (Å²) >= 11 is 1.86. The van der Waals surface area contributed by atoms with Gasteiger partial charge in [0.25, 0.3) is 10.1 Å². The lowest BCUT2D eigenvalue weighted by Crippen LogP contribution is -2.50. The number of hydrogen-bond acceptors (Lipinski definition) is 4. The largest absolute Gasteiger partial charge is 0.417 e. The maximum atomic E-state index is 13.0. The average molecular weight is 471 g/mol. The van der Waals surface area contributed by atoms with Gasteiger partial charge in [0.15, 0.2) is 5.60 Å². The van der Waals surface area contributed by atoms with Gasteiger partial charge in [-0.05, 0) is 31.7 Å². The molecule has 11 heteroatoms. The van der Waals surface area contributed by atoms with Crippen LogP contribution in [0.15, 0.2) is 11.1 Å². The fraction of sp³-hybridized carbons (Fsp3) is 0.636. The van der Waals surface area contributed by atoms with Crippen molar-refractivity contribution >= 4 is 40.4 Å². The Hall–Kier alpha value is 0.0200. The Bertz CT molecular complexity index is 684. The molecule has 126 valence electrons. The Morgan fingerprint density at radius 3 is 2.50 bits per heavy atom. The molecule has 2 atom stereocenters. The molecule has 1 aliphatic carbocycles. The third-order valence-electron chi connectivity index (χ3n) is 4.05. The van der Waals surface area contributed by atoms with Gasteiger partial charge in [0.2, 0.25) is 0 Å². The molecule has 0 aliphatic heterocycles. The van der Waals surface area contributed by atoms with E-state index in [0.29, 0.717) is 11.3 Å². The summed E-state index contributed by atoms with van der Waals surface area (Å²) in [6.45, 7) is 0.733. The van der Waals surface area contributed by atoms with Gasteiger partial charge in [-0.2, -0.15) is 21.6 Å². The number of aromatic nitrogens is 1. The Labute approximate surface area is 141 Å². The third-order valence-corrected chi connectivity index (χ3v) is 6.71. The van der Waals surface area contributed by atoms with Crippen LogP contribution in [0.3, 0.4) is 0 Å². The highest BCUT2D eigenvalue weighted by atomic mass is 127. The van der Waals surface area contributed by atoms with Crippen LogP contribution in [0.2, 0.25) is 0 Å². The summed E-state index contributed by atoms with van der Waals surface area (Å²) in [5.74, 6) is -1.08. The van der Waals surface area contributed by atoms with Gasteiger partial charge in [-0.3, -0.25) is 8.53 Å². The standard InChI is InChI=1S/C11H13F3INO4S2/c1-10(17,11(12,13)14)6-2-3-7-8(4-6)16(21-15)5-9(7)22(18,19)20/h5-6,17H,2-4H2,1H3,(H,18,19,20). The predicted octanol–water partition coefficient (Wildman–Crippen LogP) is 3.00. The van der Waals surface area contributed by atoms with Gasteiger partial charge in [-0.25, -0.2) is 0 Å². The third kappa shape index (κ3) is 3.14. The molecule has 2 unspecified atom stereocenters. The number of aliphatic hydroxyl groups is 1. The van der Waals surface area contributed by atoms with Crippen LogP contribution in [0.1, 0.15) is 24.6 Å². The van der Waals surface area contributed by atoms with Crippen LogP contribution < -0.4 is 0 Å². The quantitative estimate of drug-likeness (QED) is 0.524.